The summed E-state index contributed by atoms with van der Waals surface area (Å²) in [7, 11) is 1.57. The maximum atomic E-state index is 9.69. The van der Waals surface area contributed by atoms with Gasteiger partial charge in [0.25, 0.3) is 0 Å². The molecule has 0 amide bonds. The van der Waals surface area contributed by atoms with Crippen molar-refractivity contribution in [3.63, 3.8) is 0 Å². The van der Waals surface area contributed by atoms with Gasteiger partial charge in [0.2, 0.25) is 5.88 Å². The molecule has 0 aliphatic heterocycles. The molecule has 2 aromatic rings. The number of nitrogens with one attached hydrogen (secondary N) is 1. The van der Waals surface area contributed by atoms with Gasteiger partial charge in [-0.05, 0) is 18.2 Å². The third-order valence-corrected chi connectivity index (χ3v) is 2.86. The lowest BCUT2D eigenvalue weighted by Gasteiger charge is -2.09. The van der Waals surface area contributed by atoms with Crippen LogP contribution in [0.5, 0.6) is 11.6 Å². The molecule has 0 fully saturated rings. The van der Waals surface area contributed by atoms with Gasteiger partial charge in [-0.1, -0.05) is 17.7 Å². The third kappa shape index (κ3) is 2.84. The van der Waals surface area contributed by atoms with E-state index in [1.807, 2.05) is 6.07 Å². The Morgan fingerprint density at radius 3 is 2.78 bits per heavy atom. The number of aromatic hydroxyl groups is 1. The van der Waals surface area contributed by atoms with Crippen LogP contribution >= 0.6 is 11.6 Å². The molecule has 1 aromatic heterocycles. The summed E-state index contributed by atoms with van der Waals surface area (Å²) < 4.78 is 4.97. The number of phenols is 1. The zero-order valence-corrected chi connectivity index (χ0v) is 10.6. The van der Waals surface area contributed by atoms with Gasteiger partial charge in [0.15, 0.2) is 0 Å². The van der Waals surface area contributed by atoms with Crippen molar-refractivity contribution >= 4 is 17.3 Å². The van der Waals surface area contributed by atoms with E-state index in [4.69, 9.17) is 16.3 Å². The van der Waals surface area contributed by atoms with Crippen LogP contribution in [0, 0.1) is 0 Å². The molecule has 0 aliphatic carbocycles. The highest BCUT2D eigenvalue weighted by molar-refractivity contribution is 6.31. The highest BCUT2D eigenvalue weighted by Crippen LogP contribution is 2.26. The van der Waals surface area contributed by atoms with Crippen LogP contribution in [0.2, 0.25) is 5.02 Å². The van der Waals surface area contributed by atoms with Gasteiger partial charge in [0.1, 0.15) is 5.75 Å². The number of nitrogens with zero attached hydrogens (tertiary/aromatic N) is 1. The van der Waals surface area contributed by atoms with Gasteiger partial charge in [0.05, 0.1) is 19.0 Å². The minimum absolute atomic E-state index is 0.177. The topological polar surface area (TPSA) is 54.4 Å². The molecule has 0 unspecified atom stereocenters. The van der Waals surface area contributed by atoms with Gasteiger partial charge in [-0.25, -0.2) is 4.98 Å². The molecule has 2 N–H and O–H groups in total. The molecule has 2 rings (SSSR count). The van der Waals surface area contributed by atoms with Gasteiger partial charge in [-0.3, -0.25) is 0 Å². The predicted molar refractivity (Wildman–Crippen MR) is 71.2 cm³/mol. The van der Waals surface area contributed by atoms with E-state index in [1.165, 1.54) is 0 Å². The van der Waals surface area contributed by atoms with Crippen LogP contribution in [0.25, 0.3) is 0 Å². The normalized spacial score (nSPS) is 10.1. The number of benzene rings is 1. The average molecular weight is 265 g/mol. The summed E-state index contributed by atoms with van der Waals surface area (Å²) in [6.45, 7) is 0.430. The molecule has 1 aromatic carbocycles. The average Bonchev–Trinajstić information content (AvgIpc) is 2.39. The smallest absolute Gasteiger partial charge is 0.213 e. The Bertz CT molecular complexity index is 509. The minimum Gasteiger partial charge on any atom is -0.508 e. The molecule has 0 aliphatic rings. The van der Waals surface area contributed by atoms with Crippen molar-refractivity contribution in [2.75, 3.05) is 12.4 Å². The molecule has 4 nitrogen and oxygen atoms in total. The number of pyridine rings is 1. The lowest BCUT2D eigenvalue weighted by Crippen LogP contribution is -2.01. The van der Waals surface area contributed by atoms with Crippen molar-refractivity contribution in [3.05, 3.63) is 47.1 Å². The van der Waals surface area contributed by atoms with Crippen LogP contribution in [0.4, 0.5) is 5.69 Å². The first-order chi connectivity index (χ1) is 8.70. The second-order valence-corrected chi connectivity index (χ2v) is 4.09. The highest BCUT2D eigenvalue weighted by atomic mass is 35.5. The SMILES string of the molecule is COc1ccc(NCc2c(O)cccc2Cl)cn1. The molecule has 0 bridgehead atoms. The number of ether oxygens (including phenoxy) is 1. The highest BCUT2D eigenvalue weighted by Gasteiger charge is 2.05. The number of halogens is 1. The summed E-state index contributed by atoms with van der Waals surface area (Å²) >= 11 is 6.01. The zero-order chi connectivity index (χ0) is 13.0. The van der Waals surface area contributed by atoms with Crippen LogP contribution in [0.1, 0.15) is 5.56 Å². The first-order valence-corrected chi connectivity index (χ1v) is 5.79. The number of methoxy groups -OCH3 is 1. The summed E-state index contributed by atoms with van der Waals surface area (Å²) in [4.78, 5) is 4.07. The molecule has 1 heterocycles. The molecule has 5 heteroatoms. The van der Waals surface area contributed by atoms with E-state index in [1.54, 1.807) is 37.6 Å². The Labute approximate surface area is 110 Å². The van der Waals surface area contributed by atoms with Crippen molar-refractivity contribution in [1.82, 2.24) is 4.98 Å². The van der Waals surface area contributed by atoms with Gasteiger partial charge in [-0.2, -0.15) is 0 Å². The lowest BCUT2D eigenvalue weighted by molar-refractivity contribution is 0.398. The second-order valence-electron chi connectivity index (χ2n) is 3.68. The molecule has 0 saturated heterocycles. The van der Waals surface area contributed by atoms with Crippen LogP contribution < -0.4 is 10.1 Å². The monoisotopic (exact) mass is 264 g/mol. The number of hydrogen-bond donors (Lipinski definition) is 2. The Morgan fingerprint density at radius 1 is 1.33 bits per heavy atom. The standard InChI is InChI=1S/C13H13ClN2O2/c1-18-13-6-5-9(7-16-13)15-8-10-11(14)3-2-4-12(10)17/h2-7,15,17H,8H2,1H3. The summed E-state index contributed by atoms with van der Waals surface area (Å²) in [6, 6.07) is 8.66. The molecule has 18 heavy (non-hydrogen) atoms. The van der Waals surface area contributed by atoms with E-state index in [9.17, 15) is 5.11 Å². The van der Waals surface area contributed by atoms with E-state index in [-0.39, 0.29) is 5.75 Å². The van der Waals surface area contributed by atoms with Gasteiger partial charge < -0.3 is 15.2 Å². The fourth-order valence-corrected chi connectivity index (χ4v) is 1.75. The quantitative estimate of drug-likeness (QED) is 0.891. The van der Waals surface area contributed by atoms with Crippen molar-refractivity contribution in [3.8, 4) is 11.6 Å². The summed E-state index contributed by atoms with van der Waals surface area (Å²) in [5, 5.41) is 13.4. The molecular formula is C13H13ClN2O2. The Kier molecular flexibility index (Phi) is 3.89. The summed E-state index contributed by atoms with van der Waals surface area (Å²) in [5.74, 6) is 0.734. The fourth-order valence-electron chi connectivity index (χ4n) is 1.52. The molecular weight excluding hydrogens is 252 g/mol. The molecule has 0 spiro atoms. The Hall–Kier alpha value is -1.94. The predicted octanol–water partition coefficient (Wildman–Crippen LogP) is 3.06. The fraction of sp³-hybridized carbons (Fsp3) is 0.154. The van der Waals surface area contributed by atoms with Crippen molar-refractivity contribution in [2.24, 2.45) is 0 Å². The largest absolute Gasteiger partial charge is 0.508 e. The lowest BCUT2D eigenvalue weighted by atomic mass is 10.2. The first-order valence-electron chi connectivity index (χ1n) is 5.41. The summed E-state index contributed by atoms with van der Waals surface area (Å²) in [5.41, 5.74) is 1.49. The van der Waals surface area contributed by atoms with E-state index >= 15 is 0 Å². The van der Waals surface area contributed by atoms with Gasteiger partial charge in [0, 0.05) is 23.2 Å². The molecule has 0 radical (unpaired) electrons. The Balaban J connectivity index is 2.06. The number of aromatic nitrogens is 1. The van der Waals surface area contributed by atoms with Gasteiger partial charge >= 0.3 is 0 Å². The van der Waals surface area contributed by atoms with Crippen molar-refractivity contribution in [1.29, 1.82) is 0 Å². The molecule has 0 saturated carbocycles. The number of hydrogen-bond acceptors (Lipinski definition) is 4. The van der Waals surface area contributed by atoms with Crippen molar-refractivity contribution < 1.29 is 9.84 Å². The summed E-state index contributed by atoms with van der Waals surface area (Å²) in [6.07, 6.45) is 1.66. The van der Waals surface area contributed by atoms with Crippen molar-refractivity contribution in [2.45, 2.75) is 6.54 Å². The zero-order valence-electron chi connectivity index (χ0n) is 9.85. The number of rotatable bonds is 4. The van der Waals surface area contributed by atoms with Crippen LogP contribution in [-0.4, -0.2) is 17.2 Å². The van der Waals surface area contributed by atoms with E-state index in [0.717, 1.165) is 5.69 Å². The van der Waals surface area contributed by atoms with E-state index < -0.39 is 0 Å². The molecule has 94 valence electrons. The van der Waals surface area contributed by atoms with Crippen LogP contribution in [0.15, 0.2) is 36.5 Å². The number of phenolic OH excluding ortho intramolecular Hbond substituents is 1. The maximum Gasteiger partial charge on any atom is 0.213 e. The number of anilines is 1. The van der Waals surface area contributed by atoms with E-state index in [0.29, 0.717) is 23.0 Å². The second kappa shape index (κ2) is 5.60. The molecule has 0 atom stereocenters. The van der Waals surface area contributed by atoms with Crippen LogP contribution in [-0.2, 0) is 6.54 Å². The van der Waals surface area contributed by atoms with E-state index in [2.05, 4.69) is 10.3 Å². The third-order valence-electron chi connectivity index (χ3n) is 2.51. The van der Waals surface area contributed by atoms with Crippen LogP contribution in [0.3, 0.4) is 0 Å². The Morgan fingerprint density at radius 2 is 2.17 bits per heavy atom. The minimum atomic E-state index is 0.177. The first kappa shape index (κ1) is 12.5. The van der Waals surface area contributed by atoms with Gasteiger partial charge in [-0.15, -0.1) is 0 Å². The maximum absolute atomic E-state index is 9.69.